The standard InChI is InChI=1S/C73H133N2O7P/c1-7-10-13-16-19-22-25-27-29-31-33-35-37-39-41-43-45-47-50-53-56-59-62-65-72(76)74-70(69-81-83(78,79)80-68-67-75(4,5)6)71(64-61-58-55-52-49-24-21-18-15-12-9-3)82-73(77)66-63-60-57-54-51-48-46-44-42-40-38-36-34-32-30-28-26-23-20-17-14-11-8-2/h19-20,22-23,27-30,33-36,61,64,70-71H,7-18,21,24-26,31-32,37-60,62-63,65-69H2,1-6H3,(H-,74,76,78,79)/p+1/b22-19-,23-20-,29-27-,30-28-,35-33-,36-34-,64-61+. The number of phosphoric ester groups is 1. The molecule has 0 fully saturated rings. The summed E-state index contributed by atoms with van der Waals surface area (Å²) in [7, 11) is 1.49. The highest BCUT2D eigenvalue weighted by Gasteiger charge is 2.30. The second-order valence-electron chi connectivity index (χ2n) is 24.7. The summed E-state index contributed by atoms with van der Waals surface area (Å²) in [6.45, 7) is 6.97. The molecule has 3 unspecified atom stereocenters. The number of carbonyl (C=O) groups is 2. The molecule has 0 aliphatic heterocycles. The number of allylic oxidation sites excluding steroid dienone is 13. The Labute approximate surface area is 514 Å². The van der Waals surface area contributed by atoms with Crippen molar-refractivity contribution >= 4 is 19.7 Å². The summed E-state index contributed by atoms with van der Waals surface area (Å²) in [5.74, 6) is -0.509. The third-order valence-corrected chi connectivity index (χ3v) is 16.3. The van der Waals surface area contributed by atoms with Gasteiger partial charge < -0.3 is 19.4 Å². The van der Waals surface area contributed by atoms with Crippen LogP contribution in [0.4, 0.5) is 0 Å². The number of unbranched alkanes of at least 4 members (excludes halogenated alkanes) is 35. The number of amides is 1. The maximum atomic E-state index is 13.6. The van der Waals surface area contributed by atoms with Crippen molar-refractivity contribution in [3.05, 3.63) is 85.1 Å². The second-order valence-corrected chi connectivity index (χ2v) is 26.1. The Balaban J connectivity index is 5.07. The van der Waals surface area contributed by atoms with Crippen LogP contribution in [0.15, 0.2) is 85.1 Å². The van der Waals surface area contributed by atoms with Crippen molar-refractivity contribution in [3.63, 3.8) is 0 Å². The van der Waals surface area contributed by atoms with Crippen LogP contribution in [0, 0.1) is 0 Å². The van der Waals surface area contributed by atoms with Crippen molar-refractivity contribution in [2.24, 2.45) is 0 Å². The van der Waals surface area contributed by atoms with Gasteiger partial charge in [-0.15, -0.1) is 0 Å². The van der Waals surface area contributed by atoms with E-state index in [4.69, 9.17) is 13.8 Å². The number of phosphoric acid groups is 1. The zero-order chi connectivity index (χ0) is 60.7. The van der Waals surface area contributed by atoms with Crippen LogP contribution in [0.5, 0.6) is 0 Å². The fourth-order valence-corrected chi connectivity index (χ4v) is 10.6. The van der Waals surface area contributed by atoms with Gasteiger partial charge in [-0.1, -0.05) is 280 Å². The zero-order valence-electron chi connectivity index (χ0n) is 55.2. The highest BCUT2D eigenvalue weighted by atomic mass is 31.2. The summed E-state index contributed by atoms with van der Waals surface area (Å²) in [4.78, 5) is 37.9. The number of hydrogen-bond donors (Lipinski definition) is 2. The van der Waals surface area contributed by atoms with Gasteiger partial charge in [-0.25, -0.2) is 4.57 Å². The minimum absolute atomic E-state index is 0.0362. The third-order valence-electron chi connectivity index (χ3n) is 15.3. The Morgan fingerprint density at radius 2 is 0.735 bits per heavy atom. The topological polar surface area (TPSA) is 111 Å². The summed E-state index contributed by atoms with van der Waals surface area (Å²) < 4.78 is 30.8. The number of nitrogens with one attached hydrogen (secondary N) is 1. The molecular formula is C73H134N2O7P+. The van der Waals surface area contributed by atoms with Gasteiger partial charge in [0.25, 0.3) is 0 Å². The number of nitrogens with zero attached hydrogens (tertiary/aromatic N) is 1. The zero-order valence-corrected chi connectivity index (χ0v) is 56.1. The lowest BCUT2D eigenvalue weighted by atomic mass is 10.0. The molecule has 482 valence electrons. The number of rotatable bonds is 63. The van der Waals surface area contributed by atoms with Crippen molar-refractivity contribution < 1.29 is 37.3 Å². The Kier molecular flexibility index (Phi) is 60.1. The monoisotopic (exact) mass is 1180 g/mol. The van der Waals surface area contributed by atoms with Gasteiger partial charge in [0, 0.05) is 12.8 Å². The quantitative estimate of drug-likeness (QED) is 0.0205. The van der Waals surface area contributed by atoms with Crippen molar-refractivity contribution in [2.75, 3.05) is 40.9 Å². The molecule has 0 aliphatic rings. The predicted molar refractivity (Wildman–Crippen MR) is 360 cm³/mol. The smallest absolute Gasteiger partial charge is 0.456 e. The van der Waals surface area contributed by atoms with E-state index < -0.39 is 20.0 Å². The fraction of sp³-hybridized carbons (Fsp3) is 0.781. The van der Waals surface area contributed by atoms with E-state index in [1.807, 2.05) is 33.3 Å². The molecule has 0 heterocycles. The average molecular weight is 1180 g/mol. The molecule has 0 aliphatic carbocycles. The SMILES string of the molecule is CCCCC/C=C\C/C=C\C/C=C\CCCCCCCCCCCCC(=O)NC(COP(=O)(O)OCC[N+](C)(C)C)C(/C=C/CCCCCCCCCCC)OC(=O)CCCCCCCCCCCC/C=C\C/C=C\C/C=C\CCCCC. The van der Waals surface area contributed by atoms with E-state index in [1.54, 1.807) is 0 Å². The van der Waals surface area contributed by atoms with Gasteiger partial charge in [0.05, 0.1) is 33.8 Å². The lowest BCUT2D eigenvalue weighted by Crippen LogP contribution is -2.47. The molecule has 0 bridgehead atoms. The molecule has 2 N–H and O–H groups in total. The van der Waals surface area contributed by atoms with Crippen molar-refractivity contribution in [1.29, 1.82) is 0 Å². The van der Waals surface area contributed by atoms with Crippen LogP contribution in [-0.4, -0.2) is 74.3 Å². The Bertz CT molecular complexity index is 1700. The Morgan fingerprint density at radius 1 is 0.422 bits per heavy atom. The Hall–Kier alpha value is -2.81. The minimum Gasteiger partial charge on any atom is -0.456 e. The predicted octanol–water partition coefficient (Wildman–Crippen LogP) is 22.1. The molecule has 83 heavy (non-hydrogen) atoms. The summed E-state index contributed by atoms with van der Waals surface area (Å²) in [5.41, 5.74) is 0. The number of hydrogen-bond acceptors (Lipinski definition) is 6. The summed E-state index contributed by atoms with van der Waals surface area (Å²) >= 11 is 0. The molecule has 0 spiro atoms. The molecule has 0 radical (unpaired) electrons. The summed E-state index contributed by atoms with van der Waals surface area (Å²) in [5, 5.41) is 3.07. The number of esters is 1. The second kappa shape index (κ2) is 62.2. The van der Waals surface area contributed by atoms with E-state index >= 15 is 0 Å². The summed E-state index contributed by atoms with van der Waals surface area (Å²) in [6.07, 6.45) is 83.0. The molecule has 3 atom stereocenters. The molecular weight excluding hydrogens is 1050 g/mol. The molecule has 1 amide bonds. The number of carbonyl (C=O) groups excluding carboxylic acids is 2. The van der Waals surface area contributed by atoms with Crippen LogP contribution in [0.3, 0.4) is 0 Å². The third kappa shape index (κ3) is 63.5. The van der Waals surface area contributed by atoms with Gasteiger partial charge in [-0.2, -0.15) is 0 Å². The van der Waals surface area contributed by atoms with E-state index in [0.717, 1.165) is 83.5 Å². The van der Waals surface area contributed by atoms with E-state index in [-0.39, 0.29) is 31.5 Å². The van der Waals surface area contributed by atoms with E-state index in [0.29, 0.717) is 17.4 Å². The number of ether oxygens (including phenoxy) is 1. The van der Waals surface area contributed by atoms with Gasteiger partial charge >= 0.3 is 13.8 Å². The van der Waals surface area contributed by atoms with E-state index in [2.05, 4.69) is 99.0 Å². The van der Waals surface area contributed by atoms with Crippen LogP contribution < -0.4 is 5.32 Å². The lowest BCUT2D eigenvalue weighted by molar-refractivity contribution is -0.870. The molecule has 0 aromatic rings. The van der Waals surface area contributed by atoms with Gasteiger partial charge in [-0.05, 0) is 109 Å². The number of likely N-dealkylation sites (N-methyl/N-ethyl adjacent to an activating group) is 1. The summed E-state index contributed by atoms with van der Waals surface area (Å²) in [6, 6.07) is -0.856. The highest BCUT2D eigenvalue weighted by Crippen LogP contribution is 2.43. The normalized spacial score (nSPS) is 14.1. The molecule has 0 rings (SSSR count). The highest BCUT2D eigenvalue weighted by molar-refractivity contribution is 7.47. The fourth-order valence-electron chi connectivity index (χ4n) is 9.90. The van der Waals surface area contributed by atoms with E-state index in [1.165, 1.54) is 199 Å². The molecule has 0 aromatic carbocycles. The average Bonchev–Trinajstić information content (AvgIpc) is 3.51. The number of quaternary nitrogens is 1. The van der Waals surface area contributed by atoms with Gasteiger partial charge in [0.2, 0.25) is 5.91 Å². The lowest BCUT2D eigenvalue weighted by Gasteiger charge is -2.27. The first-order valence-corrected chi connectivity index (χ1v) is 36.4. The van der Waals surface area contributed by atoms with Crippen LogP contribution >= 0.6 is 7.82 Å². The maximum Gasteiger partial charge on any atom is 0.472 e. The van der Waals surface area contributed by atoms with Crippen LogP contribution in [0.25, 0.3) is 0 Å². The Morgan fingerprint density at radius 3 is 1.12 bits per heavy atom. The van der Waals surface area contributed by atoms with Crippen molar-refractivity contribution in [3.8, 4) is 0 Å². The maximum absolute atomic E-state index is 13.6. The first-order valence-electron chi connectivity index (χ1n) is 34.9. The molecule has 10 heteroatoms. The van der Waals surface area contributed by atoms with Crippen molar-refractivity contribution in [2.45, 2.75) is 328 Å². The molecule has 0 saturated carbocycles. The van der Waals surface area contributed by atoms with Crippen LogP contribution in [-0.2, 0) is 27.9 Å². The van der Waals surface area contributed by atoms with Gasteiger partial charge in [0.1, 0.15) is 19.3 Å². The van der Waals surface area contributed by atoms with Crippen LogP contribution in [0.1, 0.15) is 316 Å². The molecule has 0 saturated heterocycles. The van der Waals surface area contributed by atoms with Gasteiger partial charge in [0.15, 0.2) is 0 Å². The van der Waals surface area contributed by atoms with Crippen molar-refractivity contribution in [1.82, 2.24) is 5.32 Å². The molecule has 0 aromatic heterocycles. The first kappa shape index (κ1) is 80.2. The molecule has 9 nitrogen and oxygen atoms in total. The first-order chi connectivity index (χ1) is 40.4. The van der Waals surface area contributed by atoms with Crippen LogP contribution in [0.2, 0.25) is 0 Å². The van der Waals surface area contributed by atoms with Gasteiger partial charge in [-0.3, -0.25) is 18.6 Å². The minimum atomic E-state index is -4.46. The van der Waals surface area contributed by atoms with E-state index in [9.17, 15) is 19.0 Å². The largest absolute Gasteiger partial charge is 0.472 e.